The number of rotatable bonds is 3. The van der Waals surface area contributed by atoms with Crippen LogP contribution in [0.15, 0.2) is 12.2 Å². The van der Waals surface area contributed by atoms with Gasteiger partial charge in [-0.15, -0.1) is 0 Å². The first-order valence-corrected chi connectivity index (χ1v) is 3.14. The fourth-order valence-electron chi connectivity index (χ4n) is 0.489. The lowest BCUT2D eigenvalue weighted by molar-refractivity contribution is -0.115. The maximum Gasteiger partial charge on any atom is 0.171 e. The first kappa shape index (κ1) is 8.37. The van der Waals surface area contributed by atoms with Gasteiger partial charge in [-0.3, -0.25) is 4.79 Å². The van der Waals surface area contributed by atoms with E-state index >= 15 is 0 Å². The zero-order chi connectivity index (χ0) is 7.28. The van der Waals surface area contributed by atoms with Crippen molar-refractivity contribution in [3.8, 4) is 0 Å². The van der Waals surface area contributed by atoms with Gasteiger partial charge in [0.15, 0.2) is 5.78 Å². The average molecular weight is 127 g/mol. The summed E-state index contributed by atoms with van der Waals surface area (Å²) in [6.45, 7) is 3.70. The topological polar surface area (TPSA) is 43.1 Å². The van der Waals surface area contributed by atoms with Crippen LogP contribution in [0.3, 0.4) is 0 Å². The molecule has 0 rings (SSSR count). The van der Waals surface area contributed by atoms with Crippen LogP contribution < -0.4 is 5.73 Å². The van der Waals surface area contributed by atoms with Crippen molar-refractivity contribution in [3.05, 3.63) is 12.2 Å². The minimum Gasteiger partial charge on any atom is -0.321 e. The molecule has 0 aliphatic carbocycles. The standard InChI is InChI=1S/C7H13NO/c1-3-5-7(9)6(8)4-2/h3,5-6H,4,8H2,1-2H3. The molecule has 1 atom stereocenters. The highest BCUT2D eigenvalue weighted by Crippen LogP contribution is 1.88. The minimum atomic E-state index is -0.304. The minimum absolute atomic E-state index is 0.0139. The SMILES string of the molecule is CC=CC(=O)C(N)CC. The van der Waals surface area contributed by atoms with Crippen LogP contribution in [-0.2, 0) is 4.79 Å². The third-order valence-electron chi connectivity index (χ3n) is 1.14. The first-order chi connectivity index (χ1) is 4.22. The predicted octanol–water partition coefficient (Wildman–Crippen LogP) is 0.869. The van der Waals surface area contributed by atoms with E-state index in [-0.39, 0.29) is 11.8 Å². The van der Waals surface area contributed by atoms with Crippen molar-refractivity contribution in [2.45, 2.75) is 26.3 Å². The summed E-state index contributed by atoms with van der Waals surface area (Å²) in [6.07, 6.45) is 3.93. The summed E-state index contributed by atoms with van der Waals surface area (Å²) in [5.74, 6) is 0.0139. The Balaban J connectivity index is 3.73. The molecule has 0 spiro atoms. The molecule has 0 bridgehead atoms. The van der Waals surface area contributed by atoms with E-state index in [0.29, 0.717) is 6.42 Å². The molecule has 1 unspecified atom stereocenters. The third-order valence-corrected chi connectivity index (χ3v) is 1.14. The summed E-state index contributed by atoms with van der Waals surface area (Å²) in [6, 6.07) is -0.304. The van der Waals surface area contributed by atoms with E-state index < -0.39 is 0 Å². The molecule has 0 heterocycles. The summed E-state index contributed by atoms with van der Waals surface area (Å²) < 4.78 is 0. The summed E-state index contributed by atoms with van der Waals surface area (Å²) in [4.78, 5) is 10.8. The van der Waals surface area contributed by atoms with Gasteiger partial charge in [0, 0.05) is 0 Å². The summed E-state index contributed by atoms with van der Waals surface area (Å²) >= 11 is 0. The molecular formula is C7H13NO. The lowest BCUT2D eigenvalue weighted by Crippen LogP contribution is -2.27. The number of hydrogen-bond acceptors (Lipinski definition) is 2. The van der Waals surface area contributed by atoms with Crippen LogP contribution in [0, 0.1) is 0 Å². The van der Waals surface area contributed by atoms with Gasteiger partial charge in [0.05, 0.1) is 6.04 Å². The first-order valence-electron chi connectivity index (χ1n) is 3.14. The molecule has 2 nitrogen and oxygen atoms in total. The molecular weight excluding hydrogens is 114 g/mol. The van der Waals surface area contributed by atoms with Crippen molar-refractivity contribution in [1.82, 2.24) is 0 Å². The van der Waals surface area contributed by atoms with Gasteiger partial charge in [-0.25, -0.2) is 0 Å². The van der Waals surface area contributed by atoms with E-state index in [1.165, 1.54) is 6.08 Å². The normalized spacial score (nSPS) is 14.1. The van der Waals surface area contributed by atoms with Gasteiger partial charge < -0.3 is 5.73 Å². The molecule has 52 valence electrons. The second-order valence-corrected chi connectivity index (χ2v) is 1.92. The quantitative estimate of drug-likeness (QED) is 0.571. The average Bonchev–Trinajstić information content (AvgIpc) is 1.87. The maximum absolute atomic E-state index is 10.8. The molecule has 0 aromatic rings. The molecule has 0 fully saturated rings. The van der Waals surface area contributed by atoms with Crippen molar-refractivity contribution < 1.29 is 4.79 Å². The van der Waals surface area contributed by atoms with Crippen molar-refractivity contribution in [2.75, 3.05) is 0 Å². The smallest absolute Gasteiger partial charge is 0.171 e. The molecule has 0 aromatic carbocycles. The number of carbonyl (C=O) groups is 1. The van der Waals surface area contributed by atoms with E-state index in [1.807, 2.05) is 6.92 Å². The van der Waals surface area contributed by atoms with Gasteiger partial charge in [0.1, 0.15) is 0 Å². The Hall–Kier alpha value is -0.630. The maximum atomic E-state index is 10.8. The predicted molar refractivity (Wildman–Crippen MR) is 38.1 cm³/mol. The van der Waals surface area contributed by atoms with Gasteiger partial charge in [-0.1, -0.05) is 13.0 Å². The Morgan fingerprint density at radius 3 is 2.67 bits per heavy atom. The Bertz CT molecular complexity index is 118. The van der Waals surface area contributed by atoms with Crippen LogP contribution in [0.5, 0.6) is 0 Å². The molecule has 0 aliphatic rings. The highest BCUT2D eigenvalue weighted by molar-refractivity contribution is 5.93. The highest BCUT2D eigenvalue weighted by Gasteiger charge is 2.04. The second-order valence-electron chi connectivity index (χ2n) is 1.92. The molecule has 0 saturated carbocycles. The van der Waals surface area contributed by atoms with Crippen LogP contribution in [0.25, 0.3) is 0 Å². The van der Waals surface area contributed by atoms with Crippen LogP contribution in [0.2, 0.25) is 0 Å². The Morgan fingerprint density at radius 1 is 1.78 bits per heavy atom. The summed E-state index contributed by atoms with van der Waals surface area (Å²) in [5, 5.41) is 0. The number of carbonyl (C=O) groups excluding carboxylic acids is 1. The highest BCUT2D eigenvalue weighted by atomic mass is 16.1. The van der Waals surface area contributed by atoms with E-state index in [2.05, 4.69) is 0 Å². The summed E-state index contributed by atoms with van der Waals surface area (Å²) in [5.41, 5.74) is 5.40. The summed E-state index contributed by atoms with van der Waals surface area (Å²) in [7, 11) is 0. The van der Waals surface area contributed by atoms with Crippen LogP contribution in [0.4, 0.5) is 0 Å². The van der Waals surface area contributed by atoms with Crippen molar-refractivity contribution in [3.63, 3.8) is 0 Å². The number of nitrogens with two attached hydrogens (primary N) is 1. The monoisotopic (exact) mass is 127 g/mol. The molecule has 2 heteroatoms. The third kappa shape index (κ3) is 3.03. The zero-order valence-corrected chi connectivity index (χ0v) is 5.92. The lowest BCUT2D eigenvalue weighted by Gasteiger charge is -2.00. The van der Waals surface area contributed by atoms with Crippen molar-refractivity contribution in [1.29, 1.82) is 0 Å². The molecule has 0 aliphatic heterocycles. The van der Waals surface area contributed by atoms with Crippen molar-refractivity contribution >= 4 is 5.78 Å². The molecule has 2 N–H and O–H groups in total. The van der Waals surface area contributed by atoms with Gasteiger partial charge in [-0.05, 0) is 19.4 Å². The van der Waals surface area contributed by atoms with E-state index in [0.717, 1.165) is 0 Å². The molecule has 9 heavy (non-hydrogen) atoms. The van der Waals surface area contributed by atoms with Gasteiger partial charge in [0.2, 0.25) is 0 Å². The number of hydrogen-bond donors (Lipinski definition) is 1. The Morgan fingerprint density at radius 2 is 2.33 bits per heavy atom. The Labute approximate surface area is 55.7 Å². The fourth-order valence-corrected chi connectivity index (χ4v) is 0.489. The molecule has 0 amide bonds. The fraction of sp³-hybridized carbons (Fsp3) is 0.571. The van der Waals surface area contributed by atoms with E-state index in [4.69, 9.17) is 5.73 Å². The van der Waals surface area contributed by atoms with Crippen LogP contribution in [-0.4, -0.2) is 11.8 Å². The van der Waals surface area contributed by atoms with E-state index in [9.17, 15) is 4.79 Å². The lowest BCUT2D eigenvalue weighted by atomic mass is 10.1. The largest absolute Gasteiger partial charge is 0.321 e. The van der Waals surface area contributed by atoms with Gasteiger partial charge in [-0.2, -0.15) is 0 Å². The van der Waals surface area contributed by atoms with Gasteiger partial charge in [0.25, 0.3) is 0 Å². The van der Waals surface area contributed by atoms with Gasteiger partial charge >= 0.3 is 0 Å². The zero-order valence-electron chi connectivity index (χ0n) is 5.92. The van der Waals surface area contributed by atoms with E-state index in [1.54, 1.807) is 13.0 Å². The number of ketones is 1. The molecule has 0 saturated heterocycles. The number of allylic oxidation sites excluding steroid dienone is 1. The van der Waals surface area contributed by atoms with Crippen molar-refractivity contribution in [2.24, 2.45) is 5.73 Å². The van der Waals surface area contributed by atoms with Crippen LogP contribution >= 0.6 is 0 Å². The Kier molecular flexibility index (Phi) is 3.97. The van der Waals surface area contributed by atoms with Crippen LogP contribution in [0.1, 0.15) is 20.3 Å². The second kappa shape index (κ2) is 4.27. The molecule has 0 aromatic heterocycles. The molecule has 0 radical (unpaired) electrons.